The molecule has 7 heteroatoms. The lowest BCUT2D eigenvalue weighted by Gasteiger charge is -2.17. The maximum Gasteiger partial charge on any atom is 0.264 e. The number of fused-ring (bicyclic) bond motifs is 1. The SMILES string of the molecule is O=c1c2ccccc2cc(-n2ccnc2)n1-c1c(Cl)cc(Cl)cc1Cl. The Balaban J connectivity index is 2.18. The van der Waals surface area contributed by atoms with Crippen LogP contribution in [0.4, 0.5) is 0 Å². The van der Waals surface area contributed by atoms with Gasteiger partial charge in [-0.2, -0.15) is 0 Å². The third-order valence-corrected chi connectivity index (χ3v) is 4.68. The largest absolute Gasteiger partial charge is 0.292 e. The second kappa shape index (κ2) is 6.23. The molecule has 0 bridgehead atoms. The Morgan fingerprint density at radius 3 is 2.36 bits per heavy atom. The first-order valence-electron chi connectivity index (χ1n) is 7.34. The second-order valence-corrected chi connectivity index (χ2v) is 6.67. The molecule has 0 aliphatic heterocycles. The highest BCUT2D eigenvalue weighted by Crippen LogP contribution is 2.33. The zero-order chi connectivity index (χ0) is 17.6. The van der Waals surface area contributed by atoms with Gasteiger partial charge in [0.1, 0.15) is 12.1 Å². The molecule has 2 aromatic carbocycles. The minimum absolute atomic E-state index is 0.229. The highest BCUT2D eigenvalue weighted by atomic mass is 35.5. The van der Waals surface area contributed by atoms with Crippen LogP contribution in [0.3, 0.4) is 0 Å². The Morgan fingerprint density at radius 2 is 1.68 bits per heavy atom. The summed E-state index contributed by atoms with van der Waals surface area (Å²) in [5, 5.41) is 2.35. The highest BCUT2D eigenvalue weighted by Gasteiger charge is 2.18. The van der Waals surface area contributed by atoms with Gasteiger partial charge in [-0.15, -0.1) is 0 Å². The number of pyridine rings is 1. The van der Waals surface area contributed by atoms with Crippen LogP contribution in [0.1, 0.15) is 0 Å². The first-order valence-corrected chi connectivity index (χ1v) is 8.47. The topological polar surface area (TPSA) is 39.8 Å². The number of halogens is 3. The average Bonchev–Trinajstić information content (AvgIpc) is 3.10. The molecule has 124 valence electrons. The third kappa shape index (κ3) is 2.72. The monoisotopic (exact) mass is 389 g/mol. The number of imidazole rings is 1. The average molecular weight is 391 g/mol. The van der Waals surface area contributed by atoms with E-state index in [0.717, 1.165) is 5.39 Å². The van der Waals surface area contributed by atoms with E-state index in [-0.39, 0.29) is 15.6 Å². The number of rotatable bonds is 2. The standard InChI is InChI=1S/C18H10Cl3N3O/c19-12-8-14(20)17(15(21)9-12)24-16(23-6-5-22-10-23)7-11-3-1-2-4-13(11)18(24)25/h1-10H. The molecule has 2 aromatic heterocycles. The first kappa shape index (κ1) is 16.2. The molecule has 0 radical (unpaired) electrons. The quantitative estimate of drug-likeness (QED) is 0.475. The fourth-order valence-electron chi connectivity index (χ4n) is 2.79. The number of nitrogens with zero attached hydrogens (tertiary/aromatic N) is 3. The number of hydrogen-bond donors (Lipinski definition) is 0. The molecule has 4 aromatic rings. The van der Waals surface area contributed by atoms with Crippen LogP contribution in [-0.4, -0.2) is 14.1 Å². The molecule has 0 fully saturated rings. The van der Waals surface area contributed by atoms with Crippen LogP contribution in [0.25, 0.3) is 22.3 Å². The summed E-state index contributed by atoms with van der Waals surface area (Å²) in [6.07, 6.45) is 4.99. The zero-order valence-corrected chi connectivity index (χ0v) is 14.9. The van der Waals surface area contributed by atoms with Gasteiger partial charge in [0.25, 0.3) is 5.56 Å². The lowest BCUT2D eigenvalue weighted by Crippen LogP contribution is -2.23. The predicted octanol–water partition coefficient (Wildman–Crippen LogP) is 5.14. The molecule has 0 N–H and O–H groups in total. The molecule has 0 unspecified atom stereocenters. The van der Waals surface area contributed by atoms with E-state index >= 15 is 0 Å². The highest BCUT2D eigenvalue weighted by molar-refractivity contribution is 6.40. The predicted molar refractivity (Wildman–Crippen MR) is 102 cm³/mol. The van der Waals surface area contributed by atoms with E-state index < -0.39 is 0 Å². The van der Waals surface area contributed by atoms with Crippen LogP contribution in [0, 0.1) is 0 Å². The van der Waals surface area contributed by atoms with Gasteiger partial charge in [-0.05, 0) is 29.7 Å². The van der Waals surface area contributed by atoms with Crippen molar-refractivity contribution >= 4 is 45.6 Å². The van der Waals surface area contributed by atoms with E-state index in [1.165, 1.54) is 4.57 Å². The Morgan fingerprint density at radius 1 is 0.960 bits per heavy atom. The van der Waals surface area contributed by atoms with Crippen molar-refractivity contribution in [3.63, 3.8) is 0 Å². The maximum atomic E-state index is 13.2. The molecular formula is C18H10Cl3N3O. The van der Waals surface area contributed by atoms with E-state index in [4.69, 9.17) is 34.8 Å². The van der Waals surface area contributed by atoms with Gasteiger partial charge < -0.3 is 0 Å². The van der Waals surface area contributed by atoms with E-state index in [1.807, 2.05) is 24.3 Å². The van der Waals surface area contributed by atoms with Gasteiger partial charge in [0.2, 0.25) is 0 Å². The van der Waals surface area contributed by atoms with Crippen LogP contribution >= 0.6 is 34.8 Å². The molecule has 0 saturated heterocycles. The lowest BCUT2D eigenvalue weighted by atomic mass is 10.1. The van der Waals surface area contributed by atoms with E-state index in [9.17, 15) is 4.79 Å². The van der Waals surface area contributed by atoms with Crippen LogP contribution < -0.4 is 5.56 Å². The van der Waals surface area contributed by atoms with Crippen molar-refractivity contribution in [1.29, 1.82) is 0 Å². The first-order chi connectivity index (χ1) is 12.1. The minimum Gasteiger partial charge on any atom is -0.292 e. The molecule has 0 aliphatic carbocycles. The van der Waals surface area contributed by atoms with Gasteiger partial charge in [0, 0.05) is 22.8 Å². The second-order valence-electron chi connectivity index (χ2n) is 5.42. The van der Waals surface area contributed by atoms with Crippen LogP contribution in [0.5, 0.6) is 0 Å². The van der Waals surface area contributed by atoms with Crippen LogP contribution in [0.2, 0.25) is 15.1 Å². The summed E-state index contributed by atoms with van der Waals surface area (Å²) < 4.78 is 3.21. The molecule has 0 aliphatic rings. The lowest BCUT2D eigenvalue weighted by molar-refractivity contribution is 0.887. The molecule has 0 atom stereocenters. The molecule has 4 nitrogen and oxygen atoms in total. The Kier molecular flexibility index (Phi) is 4.04. The van der Waals surface area contributed by atoms with Crippen molar-refractivity contribution < 1.29 is 0 Å². The normalized spacial score (nSPS) is 11.2. The molecule has 0 amide bonds. The Labute approximate surface area is 157 Å². The molecule has 25 heavy (non-hydrogen) atoms. The summed E-state index contributed by atoms with van der Waals surface area (Å²) in [6.45, 7) is 0. The Bertz CT molecular complexity index is 1130. The summed E-state index contributed by atoms with van der Waals surface area (Å²) >= 11 is 18.8. The van der Waals surface area contributed by atoms with Crippen molar-refractivity contribution in [2.75, 3.05) is 0 Å². The smallest absolute Gasteiger partial charge is 0.264 e. The van der Waals surface area contributed by atoms with Gasteiger partial charge in [0.15, 0.2) is 0 Å². The number of benzene rings is 2. The van der Waals surface area contributed by atoms with Crippen molar-refractivity contribution in [2.24, 2.45) is 0 Å². The van der Waals surface area contributed by atoms with Gasteiger partial charge in [-0.25, -0.2) is 4.98 Å². The summed E-state index contributed by atoms with van der Waals surface area (Å²) in [4.78, 5) is 17.3. The van der Waals surface area contributed by atoms with E-state index in [0.29, 0.717) is 21.9 Å². The van der Waals surface area contributed by atoms with Crippen molar-refractivity contribution in [3.05, 3.63) is 86.6 Å². The van der Waals surface area contributed by atoms with Crippen molar-refractivity contribution in [2.45, 2.75) is 0 Å². The van der Waals surface area contributed by atoms with Gasteiger partial charge in [-0.3, -0.25) is 13.9 Å². The van der Waals surface area contributed by atoms with Crippen LogP contribution in [0.15, 0.2) is 66.0 Å². The van der Waals surface area contributed by atoms with Crippen LogP contribution in [-0.2, 0) is 0 Å². The molecule has 0 saturated carbocycles. The van der Waals surface area contributed by atoms with E-state index in [2.05, 4.69) is 4.98 Å². The molecule has 4 rings (SSSR count). The molecule has 2 heterocycles. The van der Waals surface area contributed by atoms with Gasteiger partial charge in [0.05, 0.1) is 15.7 Å². The van der Waals surface area contributed by atoms with Gasteiger partial charge in [-0.1, -0.05) is 53.0 Å². The third-order valence-electron chi connectivity index (χ3n) is 3.88. The zero-order valence-electron chi connectivity index (χ0n) is 12.7. The van der Waals surface area contributed by atoms with Gasteiger partial charge >= 0.3 is 0 Å². The molecule has 0 spiro atoms. The fraction of sp³-hybridized carbons (Fsp3) is 0. The summed E-state index contributed by atoms with van der Waals surface area (Å²) in [5.41, 5.74) is 0.153. The molecular weight excluding hydrogens is 381 g/mol. The summed E-state index contributed by atoms with van der Waals surface area (Å²) in [6, 6.07) is 12.4. The van der Waals surface area contributed by atoms with Crippen molar-refractivity contribution in [1.82, 2.24) is 14.1 Å². The summed E-state index contributed by atoms with van der Waals surface area (Å²) in [7, 11) is 0. The maximum absolute atomic E-state index is 13.2. The minimum atomic E-state index is -0.229. The fourth-order valence-corrected chi connectivity index (χ4v) is 3.78. The number of aromatic nitrogens is 3. The van der Waals surface area contributed by atoms with Crippen molar-refractivity contribution in [3.8, 4) is 11.5 Å². The van der Waals surface area contributed by atoms with E-state index in [1.54, 1.807) is 41.5 Å². The Hall–Kier alpha value is -2.27. The summed E-state index contributed by atoms with van der Waals surface area (Å²) in [5.74, 6) is 0.576. The number of hydrogen-bond acceptors (Lipinski definition) is 2.